The Labute approximate surface area is 152 Å². The van der Waals surface area contributed by atoms with Crippen LogP contribution in [0.5, 0.6) is 0 Å². The van der Waals surface area contributed by atoms with Crippen molar-refractivity contribution in [3.63, 3.8) is 0 Å². The summed E-state index contributed by atoms with van der Waals surface area (Å²) in [7, 11) is 0. The number of fused-ring (bicyclic) bond motifs is 1. The van der Waals surface area contributed by atoms with Crippen LogP contribution in [0.2, 0.25) is 0 Å². The van der Waals surface area contributed by atoms with Gasteiger partial charge in [0.25, 0.3) is 0 Å². The maximum Gasteiger partial charge on any atom is 0.338 e. The zero-order valence-electron chi connectivity index (χ0n) is 13.3. The minimum Gasteiger partial charge on any atom is -0.507 e. The van der Waals surface area contributed by atoms with E-state index in [0.717, 1.165) is 10.2 Å². The number of benzene rings is 2. The lowest BCUT2D eigenvalue weighted by atomic mass is 10.1. The van der Waals surface area contributed by atoms with E-state index in [0.29, 0.717) is 10.6 Å². The van der Waals surface area contributed by atoms with Crippen molar-refractivity contribution in [3.8, 4) is 12.1 Å². The number of esters is 1. The normalized spacial score (nSPS) is 11.3. The van der Waals surface area contributed by atoms with Gasteiger partial charge in [-0.1, -0.05) is 12.1 Å². The second-order valence-corrected chi connectivity index (χ2v) is 6.22. The van der Waals surface area contributed by atoms with E-state index in [4.69, 9.17) is 10.00 Å². The number of nitrogens with zero attached hydrogens (tertiary/aromatic N) is 3. The first-order valence-corrected chi connectivity index (χ1v) is 8.29. The molecule has 26 heavy (non-hydrogen) atoms. The average Bonchev–Trinajstić information content (AvgIpc) is 3.10. The van der Waals surface area contributed by atoms with E-state index in [-0.39, 0.29) is 16.9 Å². The van der Waals surface area contributed by atoms with Gasteiger partial charge in [0.2, 0.25) is 0 Å². The highest BCUT2D eigenvalue weighted by molar-refractivity contribution is 7.19. The second-order valence-electron chi connectivity index (χ2n) is 5.19. The predicted octanol–water partition coefficient (Wildman–Crippen LogP) is 3.82. The summed E-state index contributed by atoms with van der Waals surface area (Å²) < 4.78 is 5.92. The monoisotopic (exact) mass is 361 g/mol. The molecule has 1 aromatic heterocycles. The van der Waals surface area contributed by atoms with Crippen LogP contribution in [0.15, 0.2) is 54.3 Å². The molecule has 1 N–H and O–H groups in total. The van der Waals surface area contributed by atoms with Crippen LogP contribution >= 0.6 is 11.3 Å². The largest absolute Gasteiger partial charge is 0.507 e. The number of aliphatic hydroxyl groups is 1. The number of ether oxygens (including phenoxy) is 1. The Morgan fingerprint density at radius 2 is 1.88 bits per heavy atom. The first kappa shape index (κ1) is 17.2. The summed E-state index contributed by atoms with van der Waals surface area (Å²) in [5.41, 5.74) is 1.36. The van der Waals surface area contributed by atoms with Crippen LogP contribution in [0.3, 0.4) is 0 Å². The zero-order chi connectivity index (χ0) is 18.5. The van der Waals surface area contributed by atoms with Gasteiger partial charge in [-0.3, -0.25) is 0 Å². The van der Waals surface area contributed by atoms with Crippen molar-refractivity contribution < 1.29 is 14.6 Å². The summed E-state index contributed by atoms with van der Waals surface area (Å²) >= 11 is 1.27. The molecule has 0 unspecified atom stereocenters. The third-order valence-corrected chi connectivity index (χ3v) is 4.55. The predicted molar refractivity (Wildman–Crippen MR) is 96.2 cm³/mol. The number of rotatable bonds is 4. The zero-order valence-corrected chi connectivity index (χ0v) is 14.2. The van der Waals surface area contributed by atoms with E-state index >= 15 is 0 Å². The van der Waals surface area contributed by atoms with Crippen molar-refractivity contribution in [1.82, 2.24) is 4.98 Å². The highest BCUT2D eigenvalue weighted by Gasteiger charge is 2.16. The highest BCUT2D eigenvalue weighted by atomic mass is 32.1. The van der Waals surface area contributed by atoms with E-state index in [1.807, 2.05) is 36.4 Å². The van der Waals surface area contributed by atoms with Gasteiger partial charge in [0.1, 0.15) is 23.3 Å². The van der Waals surface area contributed by atoms with Gasteiger partial charge < -0.3 is 9.84 Å². The summed E-state index contributed by atoms with van der Waals surface area (Å²) in [5.74, 6) is -1.03. The summed E-state index contributed by atoms with van der Waals surface area (Å²) in [6, 6.07) is 17.1. The molecule has 6 nitrogen and oxygen atoms in total. The fraction of sp³-hybridized carbons (Fsp3) is 0.0526. The lowest BCUT2D eigenvalue weighted by Crippen LogP contribution is -2.09. The van der Waals surface area contributed by atoms with E-state index in [2.05, 4.69) is 4.98 Å². The third-order valence-electron chi connectivity index (χ3n) is 3.50. The standard InChI is InChI=1S/C19H11N3O3S/c20-9-12-5-7-13(8-6-12)19(24)25-11-16(23)14(10-21)18-22-15-3-1-2-4-17(15)26-18/h1-8,23H,11H2. The molecule has 0 saturated carbocycles. The maximum absolute atomic E-state index is 12.0. The smallest absolute Gasteiger partial charge is 0.338 e. The molecule has 0 saturated heterocycles. The van der Waals surface area contributed by atoms with E-state index < -0.39 is 12.6 Å². The fourth-order valence-corrected chi connectivity index (χ4v) is 3.17. The lowest BCUT2D eigenvalue weighted by molar-refractivity contribution is 0.0503. The number of nitriles is 2. The van der Waals surface area contributed by atoms with Crippen molar-refractivity contribution in [2.45, 2.75) is 0 Å². The molecular formula is C19H11N3O3S. The summed E-state index contributed by atoms with van der Waals surface area (Å²) in [5, 5.41) is 28.6. The van der Waals surface area contributed by atoms with Crippen molar-refractivity contribution in [2.24, 2.45) is 0 Å². The molecule has 1 heterocycles. The molecule has 0 aliphatic heterocycles. The first-order chi connectivity index (χ1) is 12.6. The quantitative estimate of drug-likeness (QED) is 0.430. The third kappa shape index (κ3) is 3.54. The molecule has 0 radical (unpaired) electrons. The summed E-state index contributed by atoms with van der Waals surface area (Å²) in [6.45, 7) is -0.447. The number of hydrogen-bond acceptors (Lipinski definition) is 7. The Kier molecular flexibility index (Phi) is 4.93. The fourth-order valence-electron chi connectivity index (χ4n) is 2.19. The van der Waals surface area contributed by atoms with Crippen molar-refractivity contribution >= 4 is 33.1 Å². The summed E-state index contributed by atoms with van der Waals surface area (Å²) in [4.78, 5) is 16.3. The lowest BCUT2D eigenvalue weighted by Gasteiger charge is -2.05. The molecular weight excluding hydrogens is 350 g/mol. The Morgan fingerprint density at radius 3 is 2.54 bits per heavy atom. The van der Waals surface area contributed by atoms with Gasteiger partial charge in [-0.25, -0.2) is 9.78 Å². The molecule has 7 heteroatoms. The van der Waals surface area contributed by atoms with Gasteiger partial charge in [0, 0.05) is 0 Å². The molecule has 0 aliphatic rings. The molecule has 126 valence electrons. The van der Waals surface area contributed by atoms with Gasteiger partial charge in [-0.05, 0) is 36.4 Å². The van der Waals surface area contributed by atoms with Crippen molar-refractivity contribution in [2.75, 3.05) is 6.61 Å². The first-order valence-electron chi connectivity index (χ1n) is 7.48. The van der Waals surface area contributed by atoms with Crippen LogP contribution in [0.4, 0.5) is 0 Å². The topological polar surface area (TPSA) is 107 Å². The molecule has 0 aliphatic carbocycles. The van der Waals surface area contributed by atoms with Gasteiger partial charge in [-0.2, -0.15) is 10.5 Å². The number of carbonyl (C=O) groups is 1. The van der Waals surface area contributed by atoms with Crippen LogP contribution in [-0.4, -0.2) is 22.7 Å². The van der Waals surface area contributed by atoms with Crippen molar-refractivity contribution in [3.05, 3.63) is 70.4 Å². The van der Waals surface area contributed by atoms with Crippen LogP contribution < -0.4 is 0 Å². The molecule has 0 amide bonds. The van der Waals surface area contributed by atoms with Crippen LogP contribution in [0, 0.1) is 22.7 Å². The Morgan fingerprint density at radius 1 is 1.15 bits per heavy atom. The maximum atomic E-state index is 12.0. The Bertz CT molecular complexity index is 1050. The second kappa shape index (κ2) is 7.47. The Balaban J connectivity index is 1.77. The number of allylic oxidation sites excluding steroid dienone is 1. The average molecular weight is 361 g/mol. The summed E-state index contributed by atoms with van der Waals surface area (Å²) in [6.07, 6.45) is 0. The number of carbonyl (C=O) groups excluding carboxylic acids is 1. The van der Waals surface area contributed by atoms with Crippen molar-refractivity contribution in [1.29, 1.82) is 10.5 Å². The van der Waals surface area contributed by atoms with Gasteiger partial charge in [0.15, 0.2) is 5.76 Å². The highest BCUT2D eigenvalue weighted by Crippen LogP contribution is 2.28. The molecule has 0 fully saturated rings. The molecule has 3 rings (SSSR count). The number of hydrogen-bond donors (Lipinski definition) is 1. The van der Waals surface area contributed by atoms with Crippen LogP contribution in [-0.2, 0) is 4.74 Å². The van der Waals surface area contributed by atoms with Crippen LogP contribution in [0.25, 0.3) is 15.8 Å². The van der Waals surface area contributed by atoms with E-state index in [1.165, 1.54) is 35.6 Å². The molecule has 3 aromatic rings. The molecule has 0 atom stereocenters. The molecule has 0 spiro atoms. The van der Waals surface area contributed by atoms with E-state index in [9.17, 15) is 15.2 Å². The SMILES string of the molecule is N#CC(=C(O)COC(=O)c1ccc(C#N)cc1)c1nc2ccccc2s1. The number of thiazole rings is 1. The number of aromatic nitrogens is 1. The van der Waals surface area contributed by atoms with Gasteiger partial charge in [-0.15, -0.1) is 11.3 Å². The minimum atomic E-state index is -0.664. The van der Waals surface area contributed by atoms with Gasteiger partial charge in [0.05, 0.1) is 27.4 Å². The minimum absolute atomic E-state index is 0.0289. The van der Waals surface area contributed by atoms with Crippen LogP contribution in [0.1, 0.15) is 20.9 Å². The number of aliphatic hydroxyl groups excluding tert-OH is 1. The molecule has 2 aromatic carbocycles. The number of para-hydroxylation sites is 1. The van der Waals surface area contributed by atoms with E-state index in [1.54, 1.807) is 0 Å². The van der Waals surface area contributed by atoms with Gasteiger partial charge >= 0.3 is 5.97 Å². The molecule has 0 bridgehead atoms. The Hall–Kier alpha value is -3.68.